The van der Waals surface area contributed by atoms with Crippen LogP contribution in [-0.4, -0.2) is 15.9 Å². The molecule has 0 fully saturated rings. The number of carbonyl (C=O) groups excluding carboxylic acids is 1. The number of anilines is 1. The van der Waals surface area contributed by atoms with Crippen molar-refractivity contribution in [3.05, 3.63) is 84.9 Å². The number of hydrogen-bond donors (Lipinski definition) is 0. The third-order valence-corrected chi connectivity index (χ3v) is 6.82. The van der Waals surface area contributed by atoms with E-state index in [1.54, 1.807) is 30.5 Å². The van der Waals surface area contributed by atoms with Gasteiger partial charge in [-0.15, -0.1) is 11.3 Å². The lowest BCUT2D eigenvalue weighted by atomic mass is 10.0. The summed E-state index contributed by atoms with van der Waals surface area (Å²) >= 11 is 7.66. The van der Waals surface area contributed by atoms with Crippen LogP contribution < -0.4 is 10.3 Å². The molecule has 4 aromatic rings. The van der Waals surface area contributed by atoms with E-state index in [0.29, 0.717) is 26.8 Å². The predicted molar refractivity (Wildman–Crippen MR) is 117 cm³/mol. The monoisotopic (exact) mass is 437 g/mol. The number of aromatic nitrogens is 2. The second kappa shape index (κ2) is 6.75. The zero-order valence-electron chi connectivity index (χ0n) is 16.4. The Morgan fingerprint density at radius 2 is 1.97 bits per heavy atom. The highest BCUT2D eigenvalue weighted by molar-refractivity contribution is 7.15. The van der Waals surface area contributed by atoms with Crippen molar-refractivity contribution in [2.45, 2.75) is 26.8 Å². The van der Waals surface area contributed by atoms with E-state index in [1.807, 2.05) is 26.8 Å². The standard InChI is InChI=1S/C22H16ClN3O3S/c1-10-8-16-13(9-14(10)23)19(27)17-18(15-6-4-5-7-24-15)26(21(28)20(17)29-16)22-25-11(2)12(3)30-22/h4-9,18H,1-3H3. The van der Waals surface area contributed by atoms with Gasteiger partial charge in [0.2, 0.25) is 5.76 Å². The molecule has 4 heterocycles. The van der Waals surface area contributed by atoms with Gasteiger partial charge in [0.1, 0.15) is 11.6 Å². The zero-order valence-corrected chi connectivity index (χ0v) is 18.0. The molecule has 5 rings (SSSR count). The maximum absolute atomic E-state index is 13.5. The molecule has 0 saturated heterocycles. The molecule has 150 valence electrons. The minimum atomic E-state index is -0.723. The summed E-state index contributed by atoms with van der Waals surface area (Å²) in [5, 5.41) is 1.32. The largest absolute Gasteiger partial charge is 0.450 e. The van der Waals surface area contributed by atoms with E-state index in [0.717, 1.165) is 16.1 Å². The molecule has 0 bridgehead atoms. The molecule has 6 nitrogen and oxygen atoms in total. The van der Waals surface area contributed by atoms with Crippen molar-refractivity contribution in [2.75, 3.05) is 4.90 Å². The summed E-state index contributed by atoms with van der Waals surface area (Å²) < 4.78 is 5.97. The Balaban J connectivity index is 1.84. The van der Waals surface area contributed by atoms with Crippen LogP contribution in [0.15, 0.2) is 45.7 Å². The first-order valence-electron chi connectivity index (χ1n) is 9.32. The van der Waals surface area contributed by atoms with E-state index in [-0.39, 0.29) is 16.8 Å². The van der Waals surface area contributed by atoms with Gasteiger partial charge in [0.05, 0.1) is 22.3 Å². The van der Waals surface area contributed by atoms with E-state index in [9.17, 15) is 9.59 Å². The van der Waals surface area contributed by atoms with Crippen molar-refractivity contribution in [3.63, 3.8) is 0 Å². The van der Waals surface area contributed by atoms with Crippen molar-refractivity contribution in [3.8, 4) is 0 Å². The second-order valence-electron chi connectivity index (χ2n) is 7.24. The molecule has 0 aliphatic carbocycles. The molecule has 3 aromatic heterocycles. The summed E-state index contributed by atoms with van der Waals surface area (Å²) in [7, 11) is 0. The van der Waals surface area contributed by atoms with Crippen LogP contribution in [0.3, 0.4) is 0 Å². The summed E-state index contributed by atoms with van der Waals surface area (Å²) in [5.74, 6) is -0.378. The number of rotatable bonds is 2. The minimum absolute atomic E-state index is 0.0235. The van der Waals surface area contributed by atoms with Gasteiger partial charge in [0.25, 0.3) is 5.91 Å². The first-order chi connectivity index (χ1) is 14.4. The number of carbonyl (C=O) groups is 1. The van der Waals surface area contributed by atoms with Crippen molar-refractivity contribution in [1.82, 2.24) is 9.97 Å². The number of aryl methyl sites for hydroxylation is 3. The van der Waals surface area contributed by atoms with E-state index in [1.165, 1.54) is 16.2 Å². The van der Waals surface area contributed by atoms with E-state index in [4.69, 9.17) is 16.0 Å². The number of nitrogens with zero attached hydrogens (tertiary/aromatic N) is 3. The van der Waals surface area contributed by atoms with Crippen LogP contribution in [0.1, 0.15) is 44.0 Å². The van der Waals surface area contributed by atoms with Gasteiger partial charge in [-0.3, -0.25) is 19.5 Å². The lowest BCUT2D eigenvalue weighted by molar-refractivity contribution is 0.0970. The van der Waals surface area contributed by atoms with Crippen LogP contribution in [-0.2, 0) is 0 Å². The number of hydrogen-bond acceptors (Lipinski definition) is 6. The van der Waals surface area contributed by atoms with E-state index >= 15 is 0 Å². The average molecular weight is 438 g/mol. The first-order valence-corrected chi connectivity index (χ1v) is 10.5. The number of thiazole rings is 1. The van der Waals surface area contributed by atoms with Crippen molar-refractivity contribution in [2.24, 2.45) is 0 Å². The number of amides is 1. The molecule has 0 N–H and O–H groups in total. The Morgan fingerprint density at radius 1 is 1.17 bits per heavy atom. The molecule has 30 heavy (non-hydrogen) atoms. The van der Waals surface area contributed by atoms with Crippen molar-refractivity contribution >= 4 is 44.9 Å². The molecular weight excluding hydrogens is 422 g/mol. The Labute approximate surface area is 180 Å². The number of halogens is 1. The number of benzene rings is 1. The van der Waals surface area contributed by atoms with Crippen molar-refractivity contribution in [1.29, 1.82) is 0 Å². The van der Waals surface area contributed by atoms with Gasteiger partial charge in [0, 0.05) is 16.1 Å². The summed E-state index contributed by atoms with van der Waals surface area (Å²) in [6, 6.07) is 7.96. The SMILES string of the molecule is Cc1cc2oc3c(c(=O)c2cc1Cl)C(c1ccccn1)N(c1nc(C)c(C)s1)C3=O. The van der Waals surface area contributed by atoms with Crippen LogP contribution in [0, 0.1) is 20.8 Å². The topological polar surface area (TPSA) is 76.3 Å². The molecule has 1 aliphatic heterocycles. The maximum atomic E-state index is 13.5. The molecule has 8 heteroatoms. The Bertz CT molecular complexity index is 1380. The fourth-order valence-electron chi connectivity index (χ4n) is 3.67. The minimum Gasteiger partial charge on any atom is -0.450 e. The highest BCUT2D eigenvalue weighted by Gasteiger charge is 2.45. The van der Waals surface area contributed by atoms with Crippen LogP contribution >= 0.6 is 22.9 Å². The van der Waals surface area contributed by atoms with Gasteiger partial charge in [-0.2, -0.15) is 0 Å². The van der Waals surface area contributed by atoms with Crippen LogP contribution in [0.25, 0.3) is 11.0 Å². The summed E-state index contributed by atoms with van der Waals surface area (Å²) in [6.07, 6.45) is 1.64. The van der Waals surface area contributed by atoms with E-state index < -0.39 is 11.9 Å². The lowest BCUT2D eigenvalue weighted by Crippen LogP contribution is -2.30. The van der Waals surface area contributed by atoms with Gasteiger partial charge >= 0.3 is 0 Å². The van der Waals surface area contributed by atoms with Crippen LogP contribution in [0.4, 0.5) is 5.13 Å². The Kier molecular flexibility index (Phi) is 4.27. The van der Waals surface area contributed by atoms with Gasteiger partial charge < -0.3 is 4.42 Å². The third kappa shape index (κ3) is 2.69. The Morgan fingerprint density at radius 3 is 2.63 bits per heavy atom. The van der Waals surface area contributed by atoms with Gasteiger partial charge in [0.15, 0.2) is 10.6 Å². The molecule has 0 saturated carbocycles. The van der Waals surface area contributed by atoms with Crippen LogP contribution in [0.5, 0.6) is 0 Å². The molecule has 1 unspecified atom stereocenters. The quantitative estimate of drug-likeness (QED) is 0.442. The van der Waals surface area contributed by atoms with E-state index in [2.05, 4.69) is 9.97 Å². The Hall–Kier alpha value is -3.03. The second-order valence-corrected chi connectivity index (χ2v) is 8.83. The van der Waals surface area contributed by atoms with Crippen LogP contribution in [0.2, 0.25) is 5.02 Å². The normalized spacial score (nSPS) is 15.8. The summed E-state index contributed by atoms with van der Waals surface area (Å²) in [6.45, 7) is 5.66. The lowest BCUT2D eigenvalue weighted by Gasteiger charge is -2.21. The van der Waals surface area contributed by atoms with Gasteiger partial charge in [-0.05, 0) is 50.6 Å². The van der Waals surface area contributed by atoms with Gasteiger partial charge in [-0.1, -0.05) is 17.7 Å². The highest BCUT2D eigenvalue weighted by atomic mass is 35.5. The maximum Gasteiger partial charge on any atom is 0.297 e. The highest BCUT2D eigenvalue weighted by Crippen LogP contribution is 2.42. The first kappa shape index (κ1) is 19.0. The summed E-state index contributed by atoms with van der Waals surface area (Å²) in [5.41, 5.74) is 2.48. The molecule has 1 atom stereocenters. The fourth-order valence-corrected chi connectivity index (χ4v) is 4.77. The predicted octanol–water partition coefficient (Wildman–Crippen LogP) is 4.97. The number of pyridine rings is 1. The molecule has 1 aliphatic rings. The summed E-state index contributed by atoms with van der Waals surface area (Å²) in [4.78, 5) is 38.5. The average Bonchev–Trinajstić information content (AvgIpc) is 3.21. The fraction of sp³-hybridized carbons (Fsp3) is 0.182. The molecule has 0 radical (unpaired) electrons. The molecular formula is C22H16ClN3O3S. The number of fused-ring (bicyclic) bond motifs is 2. The zero-order chi connectivity index (χ0) is 21.2. The van der Waals surface area contributed by atoms with Gasteiger partial charge in [-0.25, -0.2) is 4.98 Å². The molecule has 0 spiro atoms. The third-order valence-electron chi connectivity index (χ3n) is 5.34. The van der Waals surface area contributed by atoms with Crippen molar-refractivity contribution < 1.29 is 9.21 Å². The smallest absolute Gasteiger partial charge is 0.297 e. The molecule has 1 aromatic carbocycles. The molecule has 1 amide bonds.